The van der Waals surface area contributed by atoms with E-state index in [0.29, 0.717) is 0 Å². The zero-order valence-electron chi connectivity index (χ0n) is 16.4. The molecule has 4 rings (SSSR count). The van der Waals surface area contributed by atoms with Gasteiger partial charge in [-0.3, -0.25) is 4.79 Å². The lowest BCUT2D eigenvalue weighted by atomic mass is 9.80. The van der Waals surface area contributed by atoms with Gasteiger partial charge < -0.3 is 10.2 Å². The molecule has 1 heterocycles. The Kier molecular flexibility index (Phi) is 5.16. The van der Waals surface area contributed by atoms with Gasteiger partial charge in [0.15, 0.2) is 0 Å². The van der Waals surface area contributed by atoms with Gasteiger partial charge in [0.1, 0.15) is 0 Å². The largest absolute Gasteiger partial charge is 0.378 e. The van der Waals surface area contributed by atoms with E-state index < -0.39 is 0 Å². The molecule has 0 radical (unpaired) electrons. The Morgan fingerprint density at radius 3 is 2.18 bits per heavy atom. The topological polar surface area (TPSA) is 32.3 Å². The van der Waals surface area contributed by atoms with Gasteiger partial charge >= 0.3 is 0 Å². The van der Waals surface area contributed by atoms with Gasteiger partial charge in [0, 0.05) is 28.9 Å². The van der Waals surface area contributed by atoms with Gasteiger partial charge in [-0.15, -0.1) is 0 Å². The van der Waals surface area contributed by atoms with Crippen LogP contribution in [0.4, 0.5) is 11.4 Å². The van der Waals surface area contributed by atoms with E-state index >= 15 is 0 Å². The smallest absolute Gasteiger partial charge is 0.258 e. The lowest BCUT2D eigenvalue weighted by Gasteiger charge is -2.45. The van der Waals surface area contributed by atoms with E-state index in [2.05, 4.69) is 49.5 Å². The second-order valence-electron chi connectivity index (χ2n) is 7.42. The monoisotopic (exact) mass is 370 g/mol. The molecule has 3 aromatic carbocycles. The zero-order chi connectivity index (χ0) is 19.5. The quantitative estimate of drug-likeness (QED) is 0.619. The normalized spacial score (nSPS) is 21.1. The fraction of sp³-hybridized carbons (Fsp3) is 0.240. The van der Waals surface area contributed by atoms with Crippen molar-refractivity contribution in [2.75, 3.05) is 10.2 Å². The Hall–Kier alpha value is -3.07. The van der Waals surface area contributed by atoms with E-state index in [-0.39, 0.29) is 23.9 Å². The maximum Gasteiger partial charge on any atom is 0.258 e. The number of fused-ring (bicyclic) bond motifs is 1. The predicted molar refractivity (Wildman–Crippen MR) is 116 cm³/mol. The molecule has 28 heavy (non-hydrogen) atoms. The van der Waals surface area contributed by atoms with Gasteiger partial charge in [-0.1, -0.05) is 68.4 Å². The van der Waals surface area contributed by atoms with Crippen molar-refractivity contribution in [2.45, 2.75) is 32.4 Å². The number of carbonyl (C=O) groups excluding carboxylic acids is 1. The van der Waals surface area contributed by atoms with E-state index in [1.807, 2.05) is 59.5 Å². The minimum absolute atomic E-state index is 0.0740. The van der Waals surface area contributed by atoms with E-state index in [0.717, 1.165) is 23.4 Å². The first-order valence-electron chi connectivity index (χ1n) is 9.99. The first-order valence-corrected chi connectivity index (χ1v) is 9.99. The number of hydrogen-bond acceptors (Lipinski definition) is 2. The summed E-state index contributed by atoms with van der Waals surface area (Å²) in [5, 5.41) is 3.71. The van der Waals surface area contributed by atoms with Crippen molar-refractivity contribution < 1.29 is 4.79 Å². The molecule has 0 spiro atoms. The van der Waals surface area contributed by atoms with Crippen LogP contribution in [0.1, 0.15) is 42.2 Å². The molecule has 142 valence electrons. The number of hydrogen-bond donors (Lipinski definition) is 1. The highest BCUT2D eigenvalue weighted by Crippen LogP contribution is 2.43. The van der Waals surface area contributed by atoms with Crippen LogP contribution in [0.2, 0.25) is 0 Å². The van der Waals surface area contributed by atoms with Gasteiger partial charge in [-0.2, -0.15) is 0 Å². The fourth-order valence-electron chi connectivity index (χ4n) is 4.35. The Bertz CT molecular complexity index is 939. The Morgan fingerprint density at radius 1 is 0.893 bits per heavy atom. The number of nitrogens with zero attached hydrogens (tertiary/aromatic N) is 1. The molecular weight excluding hydrogens is 344 g/mol. The highest BCUT2D eigenvalue weighted by Gasteiger charge is 2.40. The molecular formula is C25H26N2O. The Labute approximate surface area is 167 Å². The molecule has 1 aliphatic rings. The summed E-state index contributed by atoms with van der Waals surface area (Å²) in [7, 11) is 0. The number of amides is 1. The van der Waals surface area contributed by atoms with Crippen LogP contribution in [0.5, 0.6) is 0 Å². The highest BCUT2D eigenvalue weighted by molar-refractivity contribution is 6.07. The van der Waals surface area contributed by atoms with E-state index in [9.17, 15) is 4.79 Å². The second-order valence-corrected chi connectivity index (χ2v) is 7.42. The van der Waals surface area contributed by atoms with Crippen molar-refractivity contribution in [1.29, 1.82) is 0 Å². The number of anilines is 2. The van der Waals surface area contributed by atoms with Crippen LogP contribution in [-0.4, -0.2) is 11.9 Å². The molecule has 1 aliphatic heterocycles. The molecule has 0 fully saturated rings. The second kappa shape index (κ2) is 7.89. The molecule has 0 unspecified atom stereocenters. The van der Waals surface area contributed by atoms with E-state index in [1.165, 1.54) is 5.56 Å². The maximum atomic E-state index is 13.4. The van der Waals surface area contributed by atoms with Crippen molar-refractivity contribution in [3.63, 3.8) is 0 Å². The Balaban J connectivity index is 1.77. The minimum atomic E-state index is 0.0740. The van der Waals surface area contributed by atoms with Crippen LogP contribution in [0.15, 0.2) is 84.9 Å². The molecule has 1 amide bonds. The Morgan fingerprint density at radius 2 is 1.50 bits per heavy atom. The molecule has 3 nitrogen and oxygen atoms in total. The average molecular weight is 370 g/mol. The summed E-state index contributed by atoms with van der Waals surface area (Å²) in [4.78, 5) is 15.5. The highest BCUT2D eigenvalue weighted by atomic mass is 16.2. The molecule has 3 atom stereocenters. The minimum Gasteiger partial charge on any atom is -0.378 e. The third kappa shape index (κ3) is 3.29. The predicted octanol–water partition coefficient (Wildman–Crippen LogP) is 5.91. The van der Waals surface area contributed by atoms with Crippen LogP contribution in [0.3, 0.4) is 0 Å². The van der Waals surface area contributed by atoms with Crippen LogP contribution in [0, 0.1) is 5.92 Å². The molecule has 0 aliphatic carbocycles. The average Bonchev–Trinajstić information content (AvgIpc) is 2.76. The van der Waals surface area contributed by atoms with Crippen LogP contribution < -0.4 is 10.2 Å². The van der Waals surface area contributed by atoms with E-state index in [1.54, 1.807) is 0 Å². The molecule has 0 aromatic heterocycles. The number of para-hydroxylation sites is 2. The lowest BCUT2D eigenvalue weighted by molar-refractivity contribution is 0.0960. The molecule has 3 aromatic rings. The maximum absolute atomic E-state index is 13.4. The first-order chi connectivity index (χ1) is 13.7. The van der Waals surface area contributed by atoms with Crippen molar-refractivity contribution in [2.24, 2.45) is 5.92 Å². The number of nitrogens with one attached hydrogen (secondary N) is 1. The van der Waals surface area contributed by atoms with Crippen molar-refractivity contribution in [1.82, 2.24) is 0 Å². The summed E-state index contributed by atoms with van der Waals surface area (Å²) in [6, 6.07) is 28.5. The number of rotatable bonds is 4. The first kappa shape index (κ1) is 18.3. The molecule has 0 saturated carbocycles. The summed E-state index contributed by atoms with van der Waals surface area (Å²) in [5.41, 5.74) is 4.02. The van der Waals surface area contributed by atoms with E-state index in [4.69, 9.17) is 0 Å². The summed E-state index contributed by atoms with van der Waals surface area (Å²) in [5.74, 6) is 0.345. The lowest BCUT2D eigenvalue weighted by Crippen LogP contribution is -2.50. The number of benzene rings is 3. The SMILES string of the molecule is CC[C@H]1[C@@H](C)[C@@H](Nc2ccccc2)c2ccccc2N1C(=O)c1ccccc1. The summed E-state index contributed by atoms with van der Waals surface area (Å²) in [6.45, 7) is 4.41. The third-order valence-electron chi connectivity index (χ3n) is 5.75. The van der Waals surface area contributed by atoms with Crippen LogP contribution >= 0.6 is 0 Å². The summed E-state index contributed by atoms with van der Waals surface area (Å²) in [6.07, 6.45) is 0.904. The summed E-state index contributed by atoms with van der Waals surface area (Å²) < 4.78 is 0. The zero-order valence-corrected chi connectivity index (χ0v) is 16.4. The van der Waals surface area contributed by atoms with Gasteiger partial charge in [0.2, 0.25) is 0 Å². The fourth-order valence-corrected chi connectivity index (χ4v) is 4.35. The molecule has 0 saturated heterocycles. The standard InChI is InChI=1S/C25H26N2O/c1-3-22-18(2)24(26-20-14-8-5-9-15-20)21-16-10-11-17-23(21)27(22)25(28)19-12-6-4-7-13-19/h4-18,22,24,26H,3H2,1-2H3/t18-,22+,24-/m1/s1. The van der Waals surface area contributed by atoms with Gasteiger partial charge in [0.25, 0.3) is 5.91 Å². The van der Waals surface area contributed by atoms with Crippen LogP contribution in [-0.2, 0) is 0 Å². The van der Waals surface area contributed by atoms with Gasteiger partial charge in [-0.05, 0) is 42.3 Å². The molecule has 3 heteroatoms. The number of carbonyl (C=O) groups is 1. The van der Waals surface area contributed by atoms with Crippen molar-refractivity contribution in [3.05, 3.63) is 96.1 Å². The third-order valence-corrected chi connectivity index (χ3v) is 5.75. The molecule has 0 bridgehead atoms. The summed E-state index contributed by atoms with van der Waals surface area (Å²) >= 11 is 0. The van der Waals surface area contributed by atoms with Gasteiger partial charge in [-0.25, -0.2) is 0 Å². The van der Waals surface area contributed by atoms with Gasteiger partial charge in [0.05, 0.1) is 6.04 Å². The van der Waals surface area contributed by atoms with Crippen LogP contribution in [0.25, 0.3) is 0 Å². The van der Waals surface area contributed by atoms with Crippen molar-refractivity contribution >= 4 is 17.3 Å². The van der Waals surface area contributed by atoms with Crippen molar-refractivity contribution in [3.8, 4) is 0 Å². The molecule has 1 N–H and O–H groups in total.